The van der Waals surface area contributed by atoms with E-state index in [4.69, 9.17) is 4.74 Å². The van der Waals surface area contributed by atoms with Crippen LogP contribution in [-0.2, 0) is 4.74 Å². The Bertz CT molecular complexity index is 1510. The van der Waals surface area contributed by atoms with Crippen molar-refractivity contribution < 1.29 is 27.5 Å². The van der Waals surface area contributed by atoms with Gasteiger partial charge in [-0.25, -0.2) is 18.0 Å². The SMILES string of the molecule is O=C(Nc1cccc(F)c1)Nc1cc(F)cc(C(=O)c2cc3cc(C4CNCCO4)cnc3cn2)c1F. The van der Waals surface area contributed by atoms with Crippen LogP contribution in [0.1, 0.15) is 27.7 Å². The first-order valence-corrected chi connectivity index (χ1v) is 11.3. The molecule has 2 amide bonds. The first-order chi connectivity index (χ1) is 17.9. The molecule has 2 aromatic heterocycles. The number of hydrogen-bond acceptors (Lipinski definition) is 6. The van der Waals surface area contributed by atoms with E-state index in [2.05, 4.69) is 25.9 Å². The molecule has 37 heavy (non-hydrogen) atoms. The Morgan fingerprint density at radius 2 is 1.84 bits per heavy atom. The minimum atomic E-state index is -1.14. The largest absolute Gasteiger partial charge is 0.371 e. The number of ketones is 1. The molecule has 3 heterocycles. The van der Waals surface area contributed by atoms with E-state index >= 15 is 4.39 Å². The predicted octanol–water partition coefficient (Wildman–Crippen LogP) is 4.58. The number of nitrogens with zero attached hydrogens (tertiary/aromatic N) is 2. The van der Waals surface area contributed by atoms with Crippen LogP contribution in [0.5, 0.6) is 0 Å². The average Bonchev–Trinajstić information content (AvgIpc) is 2.90. The zero-order valence-corrected chi connectivity index (χ0v) is 19.2. The Hall–Kier alpha value is -4.35. The standard InChI is InChI=1S/C26H20F3N5O3/c27-16-2-1-3-18(8-16)33-26(36)34-20-10-17(28)9-19(24(20)29)25(35)21-7-14-6-15(11-31-22(14)12-32-21)23-13-30-4-5-37-23/h1-3,6-12,23,30H,4-5,13H2,(H2,33,34,36). The van der Waals surface area contributed by atoms with Gasteiger partial charge in [0.05, 0.1) is 35.7 Å². The fourth-order valence-corrected chi connectivity index (χ4v) is 3.96. The second-order valence-electron chi connectivity index (χ2n) is 8.33. The van der Waals surface area contributed by atoms with Gasteiger partial charge in [0.1, 0.15) is 17.3 Å². The first-order valence-electron chi connectivity index (χ1n) is 11.3. The summed E-state index contributed by atoms with van der Waals surface area (Å²) < 4.78 is 48.6. The number of nitrogens with one attached hydrogen (secondary N) is 3. The Kier molecular flexibility index (Phi) is 6.80. The van der Waals surface area contributed by atoms with E-state index in [1.54, 1.807) is 6.20 Å². The number of carbonyl (C=O) groups excluding carboxylic acids is 2. The van der Waals surface area contributed by atoms with Gasteiger partial charge in [-0.1, -0.05) is 6.07 Å². The number of hydrogen-bond donors (Lipinski definition) is 3. The molecule has 5 rings (SSSR count). The lowest BCUT2D eigenvalue weighted by Crippen LogP contribution is -2.33. The topological polar surface area (TPSA) is 105 Å². The highest BCUT2D eigenvalue weighted by molar-refractivity contribution is 6.10. The van der Waals surface area contributed by atoms with Crippen molar-refractivity contribution in [1.29, 1.82) is 0 Å². The van der Waals surface area contributed by atoms with Crippen molar-refractivity contribution in [3.63, 3.8) is 0 Å². The molecule has 0 aliphatic carbocycles. The number of rotatable bonds is 5. The summed E-state index contributed by atoms with van der Waals surface area (Å²) in [6, 6.07) is 8.80. The maximum Gasteiger partial charge on any atom is 0.323 e. The van der Waals surface area contributed by atoms with Crippen LogP contribution in [0.3, 0.4) is 0 Å². The summed E-state index contributed by atoms with van der Waals surface area (Å²) in [4.78, 5) is 33.8. The summed E-state index contributed by atoms with van der Waals surface area (Å²) in [7, 11) is 0. The lowest BCUT2D eigenvalue weighted by atomic mass is 10.0. The highest BCUT2D eigenvalue weighted by Gasteiger charge is 2.22. The van der Waals surface area contributed by atoms with Gasteiger partial charge >= 0.3 is 6.03 Å². The highest BCUT2D eigenvalue weighted by Crippen LogP contribution is 2.26. The van der Waals surface area contributed by atoms with Crippen LogP contribution in [0.2, 0.25) is 0 Å². The molecule has 1 atom stereocenters. The van der Waals surface area contributed by atoms with Crippen LogP contribution in [0, 0.1) is 17.5 Å². The lowest BCUT2D eigenvalue weighted by molar-refractivity contribution is 0.0276. The van der Waals surface area contributed by atoms with E-state index in [9.17, 15) is 18.4 Å². The van der Waals surface area contributed by atoms with Crippen molar-refractivity contribution >= 4 is 34.1 Å². The Morgan fingerprint density at radius 3 is 2.62 bits per heavy atom. The third kappa shape index (κ3) is 5.42. The number of morpholine rings is 1. The monoisotopic (exact) mass is 507 g/mol. The predicted molar refractivity (Wildman–Crippen MR) is 130 cm³/mol. The van der Waals surface area contributed by atoms with E-state index in [-0.39, 0.29) is 17.5 Å². The molecule has 0 radical (unpaired) electrons. The van der Waals surface area contributed by atoms with Gasteiger partial charge in [0.15, 0.2) is 5.82 Å². The first kappa shape index (κ1) is 24.3. The summed E-state index contributed by atoms with van der Waals surface area (Å²) in [5.41, 5.74) is 0.111. The fourth-order valence-electron chi connectivity index (χ4n) is 3.96. The number of ether oxygens (including phenoxy) is 1. The number of aromatic nitrogens is 2. The summed E-state index contributed by atoms with van der Waals surface area (Å²) in [5.74, 6) is -3.56. The second kappa shape index (κ2) is 10.3. The van der Waals surface area contributed by atoms with E-state index in [0.717, 1.165) is 30.3 Å². The Labute approximate surface area is 208 Å². The van der Waals surface area contributed by atoms with Crippen LogP contribution in [0.15, 0.2) is 60.9 Å². The number of anilines is 2. The third-order valence-corrected chi connectivity index (χ3v) is 5.73. The molecular weight excluding hydrogens is 487 g/mol. The van der Waals surface area contributed by atoms with Crippen LogP contribution in [0.25, 0.3) is 10.9 Å². The maximum atomic E-state index is 15.2. The smallest absolute Gasteiger partial charge is 0.323 e. The van der Waals surface area contributed by atoms with Gasteiger partial charge in [-0.15, -0.1) is 0 Å². The van der Waals surface area contributed by atoms with Crippen LogP contribution < -0.4 is 16.0 Å². The van der Waals surface area contributed by atoms with Crippen molar-refractivity contribution in [3.05, 3.63) is 95.2 Å². The van der Waals surface area contributed by atoms with Gasteiger partial charge in [0, 0.05) is 42.0 Å². The van der Waals surface area contributed by atoms with Gasteiger partial charge in [0.2, 0.25) is 5.78 Å². The van der Waals surface area contributed by atoms with Crippen molar-refractivity contribution in [3.8, 4) is 0 Å². The minimum Gasteiger partial charge on any atom is -0.371 e. The number of urea groups is 1. The third-order valence-electron chi connectivity index (χ3n) is 5.73. The van der Waals surface area contributed by atoms with Crippen LogP contribution >= 0.6 is 0 Å². The summed E-state index contributed by atoms with van der Waals surface area (Å²) in [6.45, 7) is 1.92. The van der Waals surface area contributed by atoms with Crippen molar-refractivity contribution in [2.75, 3.05) is 30.3 Å². The number of carbonyl (C=O) groups is 2. The van der Waals surface area contributed by atoms with Crippen molar-refractivity contribution in [2.45, 2.75) is 6.10 Å². The maximum absolute atomic E-state index is 15.2. The van der Waals surface area contributed by atoms with E-state index in [1.807, 2.05) is 6.07 Å². The Balaban J connectivity index is 1.40. The molecule has 8 nitrogen and oxygen atoms in total. The van der Waals surface area contributed by atoms with Gasteiger partial charge < -0.3 is 20.7 Å². The molecule has 1 fully saturated rings. The molecule has 1 unspecified atom stereocenters. The van der Waals surface area contributed by atoms with Crippen LogP contribution in [-0.4, -0.2) is 41.5 Å². The molecular formula is C26H20F3N5O3. The molecule has 0 saturated carbocycles. The van der Waals surface area contributed by atoms with E-state index in [1.165, 1.54) is 30.5 Å². The number of halogens is 3. The fraction of sp³-hybridized carbons (Fsp3) is 0.154. The molecule has 0 spiro atoms. The van der Waals surface area contributed by atoms with Gasteiger partial charge in [-0.2, -0.15) is 0 Å². The zero-order valence-electron chi connectivity index (χ0n) is 19.2. The van der Waals surface area contributed by atoms with Crippen molar-refractivity contribution in [1.82, 2.24) is 15.3 Å². The zero-order chi connectivity index (χ0) is 25.9. The molecule has 3 N–H and O–H groups in total. The Morgan fingerprint density at radius 1 is 0.973 bits per heavy atom. The average molecular weight is 507 g/mol. The number of amides is 2. The van der Waals surface area contributed by atoms with E-state index in [0.29, 0.717) is 24.1 Å². The van der Waals surface area contributed by atoms with Crippen LogP contribution in [0.4, 0.5) is 29.3 Å². The van der Waals surface area contributed by atoms with E-state index < -0.39 is 40.5 Å². The summed E-state index contributed by atoms with van der Waals surface area (Å²) in [5, 5.41) is 8.27. The molecule has 1 aliphatic rings. The molecule has 1 aliphatic heterocycles. The normalized spacial score (nSPS) is 15.4. The highest BCUT2D eigenvalue weighted by atomic mass is 19.1. The second-order valence-corrected chi connectivity index (χ2v) is 8.33. The summed E-state index contributed by atoms with van der Waals surface area (Å²) >= 11 is 0. The molecule has 188 valence electrons. The van der Waals surface area contributed by atoms with Gasteiger partial charge in [-0.3, -0.25) is 14.8 Å². The molecule has 2 aromatic carbocycles. The minimum absolute atomic E-state index is 0.105. The lowest BCUT2D eigenvalue weighted by Gasteiger charge is -2.23. The van der Waals surface area contributed by atoms with Gasteiger partial charge in [0.25, 0.3) is 0 Å². The summed E-state index contributed by atoms with van der Waals surface area (Å²) in [6.07, 6.45) is 2.84. The number of benzene rings is 2. The molecule has 11 heteroatoms. The number of pyridine rings is 2. The quantitative estimate of drug-likeness (QED) is 0.342. The molecule has 0 bridgehead atoms. The molecule has 4 aromatic rings. The van der Waals surface area contributed by atoms with Crippen molar-refractivity contribution in [2.24, 2.45) is 0 Å². The van der Waals surface area contributed by atoms with Gasteiger partial charge in [-0.05, 0) is 36.4 Å². The molecule has 1 saturated heterocycles. The number of fused-ring (bicyclic) bond motifs is 1.